The Kier molecular flexibility index (Phi) is 10.1. The summed E-state index contributed by atoms with van der Waals surface area (Å²) in [5.74, 6) is -0.501. The van der Waals surface area contributed by atoms with Gasteiger partial charge in [0, 0.05) is 6.20 Å². The summed E-state index contributed by atoms with van der Waals surface area (Å²) < 4.78 is 12.8. The van der Waals surface area contributed by atoms with Crippen molar-refractivity contribution in [2.45, 2.75) is 78.9 Å². The van der Waals surface area contributed by atoms with Crippen LogP contribution in [-0.4, -0.2) is 46.3 Å². The lowest BCUT2D eigenvalue weighted by Gasteiger charge is -2.39. The Labute approximate surface area is 249 Å². The number of esters is 1. The number of nitrogens with zero attached hydrogens (tertiary/aromatic N) is 3. The van der Waals surface area contributed by atoms with E-state index in [4.69, 9.17) is 21.7 Å². The largest absolute Gasteiger partial charge is 0.461 e. The van der Waals surface area contributed by atoms with E-state index in [1.165, 1.54) is 0 Å². The molecule has 41 heavy (non-hydrogen) atoms. The van der Waals surface area contributed by atoms with Crippen LogP contribution in [0.2, 0.25) is 19.6 Å². The van der Waals surface area contributed by atoms with E-state index < -0.39 is 25.7 Å². The zero-order valence-electron chi connectivity index (χ0n) is 25.1. The Balaban J connectivity index is 1.92. The molecule has 9 nitrogen and oxygen atoms in total. The Bertz CT molecular complexity index is 1350. The first kappa shape index (κ1) is 31.9. The molecule has 0 saturated heterocycles. The van der Waals surface area contributed by atoms with Crippen molar-refractivity contribution in [3.8, 4) is 5.69 Å². The van der Waals surface area contributed by atoms with E-state index in [0.29, 0.717) is 12.0 Å². The molecule has 1 atom stereocenters. The van der Waals surface area contributed by atoms with E-state index in [-0.39, 0.29) is 23.2 Å². The van der Waals surface area contributed by atoms with Crippen LogP contribution in [0, 0.1) is 5.41 Å². The summed E-state index contributed by atoms with van der Waals surface area (Å²) in [5.41, 5.74) is 0.556. The molecule has 0 radical (unpaired) electrons. The van der Waals surface area contributed by atoms with Crippen LogP contribution in [0.15, 0.2) is 60.8 Å². The second kappa shape index (κ2) is 12.9. The number of aromatic nitrogens is 3. The number of ether oxygens (including phenoxy) is 2. The SMILES string of the molecule is CC(C)OC(=O)[C@](CC(C)(C)C)(NC(=S)NC(=O)OCc1ccccc1)c1ccc(-n2cc([Si](C)(C)C)nn2)cc1. The third-order valence-electron chi connectivity index (χ3n) is 6.13. The highest BCUT2D eigenvalue weighted by Crippen LogP contribution is 2.37. The summed E-state index contributed by atoms with van der Waals surface area (Å²) in [6.45, 7) is 16.4. The van der Waals surface area contributed by atoms with Crippen molar-refractivity contribution in [3.63, 3.8) is 0 Å². The van der Waals surface area contributed by atoms with E-state index in [9.17, 15) is 9.59 Å². The lowest BCUT2D eigenvalue weighted by atomic mass is 9.75. The third-order valence-corrected chi connectivity index (χ3v) is 8.10. The van der Waals surface area contributed by atoms with Gasteiger partial charge in [-0.25, -0.2) is 14.3 Å². The molecule has 11 heteroatoms. The highest BCUT2D eigenvalue weighted by atomic mass is 32.1. The van der Waals surface area contributed by atoms with Gasteiger partial charge in [-0.3, -0.25) is 5.32 Å². The number of rotatable bonds is 9. The lowest BCUT2D eigenvalue weighted by Crippen LogP contribution is -2.58. The maximum absolute atomic E-state index is 13.8. The average molecular weight is 596 g/mol. The van der Waals surface area contributed by atoms with Crippen LogP contribution in [0.25, 0.3) is 5.69 Å². The second-order valence-electron chi connectivity index (χ2n) is 12.6. The number of carbonyl (C=O) groups excluding carboxylic acids is 2. The van der Waals surface area contributed by atoms with Crippen LogP contribution in [0.3, 0.4) is 0 Å². The summed E-state index contributed by atoms with van der Waals surface area (Å²) in [5, 5.41) is 15.3. The summed E-state index contributed by atoms with van der Waals surface area (Å²) >= 11 is 5.52. The van der Waals surface area contributed by atoms with Gasteiger partial charge in [-0.05, 0) is 61.2 Å². The minimum absolute atomic E-state index is 0.0480. The summed E-state index contributed by atoms with van der Waals surface area (Å²) in [7, 11) is -1.63. The molecular formula is C30H41N5O4SSi. The molecule has 0 spiro atoms. The van der Waals surface area contributed by atoms with Crippen LogP contribution < -0.4 is 16.0 Å². The number of alkyl carbamates (subject to hydrolysis) is 1. The Morgan fingerprint density at radius 3 is 2.20 bits per heavy atom. The highest BCUT2D eigenvalue weighted by molar-refractivity contribution is 7.80. The smallest absolute Gasteiger partial charge is 0.413 e. The first-order chi connectivity index (χ1) is 19.1. The Hall–Kier alpha value is -3.57. The first-order valence-electron chi connectivity index (χ1n) is 13.6. The molecule has 0 unspecified atom stereocenters. The normalized spacial score (nSPS) is 13.3. The topological polar surface area (TPSA) is 107 Å². The minimum Gasteiger partial charge on any atom is -0.461 e. The van der Waals surface area contributed by atoms with Crippen molar-refractivity contribution >= 4 is 42.8 Å². The fourth-order valence-corrected chi connectivity index (χ4v) is 5.39. The zero-order valence-corrected chi connectivity index (χ0v) is 27.0. The fourth-order valence-electron chi connectivity index (χ4n) is 4.28. The molecule has 2 aromatic carbocycles. The van der Waals surface area contributed by atoms with E-state index >= 15 is 0 Å². The van der Waals surface area contributed by atoms with Gasteiger partial charge in [0.2, 0.25) is 0 Å². The van der Waals surface area contributed by atoms with Gasteiger partial charge in [-0.1, -0.05) is 88.1 Å². The van der Waals surface area contributed by atoms with E-state index in [1.807, 2.05) is 81.6 Å². The maximum atomic E-state index is 13.8. The maximum Gasteiger partial charge on any atom is 0.413 e. The molecule has 2 N–H and O–H groups in total. The highest BCUT2D eigenvalue weighted by Gasteiger charge is 2.46. The van der Waals surface area contributed by atoms with E-state index in [1.54, 1.807) is 18.5 Å². The molecular weight excluding hydrogens is 555 g/mol. The molecule has 0 aliphatic rings. The molecule has 1 amide bonds. The van der Waals surface area contributed by atoms with Gasteiger partial charge in [0.15, 0.2) is 10.7 Å². The van der Waals surface area contributed by atoms with Crippen LogP contribution >= 0.6 is 12.2 Å². The molecule has 0 aliphatic carbocycles. The van der Waals surface area contributed by atoms with Crippen molar-refractivity contribution in [1.29, 1.82) is 0 Å². The first-order valence-corrected chi connectivity index (χ1v) is 17.5. The van der Waals surface area contributed by atoms with Crippen LogP contribution in [0.5, 0.6) is 0 Å². The number of benzene rings is 2. The van der Waals surface area contributed by atoms with Gasteiger partial charge in [0.1, 0.15) is 14.7 Å². The van der Waals surface area contributed by atoms with Gasteiger partial charge >= 0.3 is 12.1 Å². The Morgan fingerprint density at radius 2 is 1.66 bits per heavy atom. The molecule has 0 saturated carbocycles. The second-order valence-corrected chi connectivity index (χ2v) is 18.0. The van der Waals surface area contributed by atoms with Crippen molar-refractivity contribution in [3.05, 3.63) is 71.9 Å². The van der Waals surface area contributed by atoms with E-state index in [0.717, 1.165) is 16.6 Å². The van der Waals surface area contributed by atoms with Crippen LogP contribution in [-0.2, 0) is 26.4 Å². The molecule has 0 aliphatic heterocycles. The number of hydrogen-bond acceptors (Lipinski definition) is 7. The van der Waals surface area contributed by atoms with Crippen molar-refractivity contribution in [2.24, 2.45) is 5.41 Å². The minimum atomic E-state index is -1.63. The van der Waals surface area contributed by atoms with Gasteiger partial charge < -0.3 is 14.8 Å². The monoisotopic (exact) mass is 595 g/mol. The molecule has 0 fully saturated rings. The molecule has 220 valence electrons. The lowest BCUT2D eigenvalue weighted by molar-refractivity contribution is -0.157. The fraction of sp³-hybridized carbons (Fsp3) is 0.433. The number of nitrogens with one attached hydrogen (secondary N) is 2. The molecule has 0 bridgehead atoms. The molecule has 1 aromatic heterocycles. The molecule has 3 aromatic rings. The number of hydrogen-bond donors (Lipinski definition) is 2. The number of amides is 1. The predicted molar refractivity (Wildman–Crippen MR) is 167 cm³/mol. The van der Waals surface area contributed by atoms with Crippen LogP contribution in [0.4, 0.5) is 4.79 Å². The number of thiocarbonyl (C=S) groups is 1. The van der Waals surface area contributed by atoms with Gasteiger partial charge in [0.25, 0.3) is 0 Å². The summed E-state index contributed by atoms with van der Waals surface area (Å²) in [4.78, 5) is 26.4. The summed E-state index contributed by atoms with van der Waals surface area (Å²) in [6, 6.07) is 16.8. The quantitative estimate of drug-likeness (QED) is 0.198. The molecule has 1 heterocycles. The van der Waals surface area contributed by atoms with Crippen molar-refractivity contribution in [2.75, 3.05) is 0 Å². The van der Waals surface area contributed by atoms with Gasteiger partial charge in [-0.2, -0.15) is 0 Å². The van der Waals surface area contributed by atoms with Gasteiger partial charge in [-0.15, -0.1) is 5.10 Å². The van der Waals surface area contributed by atoms with Crippen LogP contribution in [0.1, 0.15) is 52.2 Å². The van der Waals surface area contributed by atoms with Crippen molar-refractivity contribution in [1.82, 2.24) is 25.6 Å². The third kappa shape index (κ3) is 8.96. The average Bonchev–Trinajstić information content (AvgIpc) is 3.38. The Morgan fingerprint density at radius 1 is 1.02 bits per heavy atom. The summed E-state index contributed by atoms with van der Waals surface area (Å²) in [6.07, 6.45) is 1.19. The zero-order chi connectivity index (χ0) is 30.4. The molecule has 3 rings (SSSR count). The standard InChI is InChI=1S/C30H41N5O4SSi/c1-21(2)39-26(36)30(20-29(3,4)5,32-27(40)31-28(37)38-19-22-12-10-9-11-13-22)23-14-16-24(17-15-23)35-18-25(33-34-35)41(6,7)8/h9-18,21H,19-20H2,1-8H3,(H2,31,32,37,40)/t30-/m1/s1. The van der Waals surface area contributed by atoms with E-state index in [2.05, 4.69) is 40.6 Å². The van der Waals surface area contributed by atoms with Crippen molar-refractivity contribution < 1.29 is 19.1 Å². The predicted octanol–water partition coefficient (Wildman–Crippen LogP) is 5.20. The van der Waals surface area contributed by atoms with Gasteiger partial charge in [0.05, 0.1) is 17.1 Å². The number of carbonyl (C=O) groups is 2.